The second-order valence-electron chi connectivity index (χ2n) is 9.69. The Balaban J connectivity index is 1.39. The first-order chi connectivity index (χ1) is 19.7. The van der Waals surface area contributed by atoms with Crippen LogP contribution < -0.4 is 9.04 Å². The number of nitrogens with zero attached hydrogens (tertiary/aromatic N) is 4. The van der Waals surface area contributed by atoms with Crippen LogP contribution in [-0.4, -0.2) is 106 Å². The van der Waals surface area contributed by atoms with Crippen molar-refractivity contribution >= 4 is 65.3 Å². The second-order valence-corrected chi connectivity index (χ2v) is 15.6. The zero-order valence-electron chi connectivity index (χ0n) is 22.9. The molecular formula is C26H33N5O6S4. The lowest BCUT2D eigenvalue weighted by atomic mass is 10.2. The molecule has 0 aliphatic carbocycles. The Morgan fingerprint density at radius 3 is 2.76 bits per heavy atom. The van der Waals surface area contributed by atoms with Gasteiger partial charge in [-0.05, 0) is 24.3 Å². The fourth-order valence-electron chi connectivity index (χ4n) is 4.65. The van der Waals surface area contributed by atoms with Gasteiger partial charge in [-0.2, -0.15) is 8.42 Å². The Hall–Kier alpha value is -2.30. The first-order valence-electron chi connectivity index (χ1n) is 13.2. The molecule has 15 heteroatoms. The summed E-state index contributed by atoms with van der Waals surface area (Å²) < 4.78 is 62.1. The van der Waals surface area contributed by atoms with E-state index in [1.54, 1.807) is 30.0 Å². The lowest BCUT2D eigenvalue weighted by molar-refractivity contribution is 0.261. The lowest BCUT2D eigenvalue weighted by Crippen LogP contribution is -2.41. The van der Waals surface area contributed by atoms with Gasteiger partial charge in [-0.3, -0.25) is 17.7 Å². The van der Waals surface area contributed by atoms with Crippen molar-refractivity contribution in [1.82, 2.24) is 14.9 Å². The predicted molar refractivity (Wildman–Crippen MR) is 165 cm³/mol. The molecule has 11 nitrogen and oxygen atoms in total. The Morgan fingerprint density at radius 1 is 1.22 bits per heavy atom. The molecule has 4 heterocycles. The lowest BCUT2D eigenvalue weighted by Gasteiger charge is -2.27. The topological polar surface area (TPSA) is 134 Å². The van der Waals surface area contributed by atoms with Crippen molar-refractivity contribution < 1.29 is 25.8 Å². The molecule has 1 fully saturated rings. The number of nitrogens with one attached hydrogen (secondary N) is 1. The second kappa shape index (κ2) is 13.3. The minimum absolute atomic E-state index is 0.0569. The van der Waals surface area contributed by atoms with Crippen LogP contribution in [0, 0.1) is 0 Å². The van der Waals surface area contributed by atoms with Crippen LogP contribution in [0.1, 0.15) is 12.1 Å². The summed E-state index contributed by atoms with van der Waals surface area (Å²) in [6.07, 6.45) is 3.44. The summed E-state index contributed by atoms with van der Waals surface area (Å²) in [5.41, 5.74) is 1.87. The Kier molecular flexibility index (Phi) is 9.81. The van der Waals surface area contributed by atoms with Crippen molar-refractivity contribution in [1.29, 1.82) is 0 Å². The third-order valence-corrected chi connectivity index (χ3v) is 11.4. The number of pyridine rings is 1. The molecule has 2 aromatic heterocycles. The molecule has 5 rings (SSSR count). The minimum atomic E-state index is -3.95. The van der Waals surface area contributed by atoms with E-state index in [1.807, 2.05) is 12.1 Å². The molecule has 0 bridgehead atoms. The van der Waals surface area contributed by atoms with Gasteiger partial charge in [0.05, 0.1) is 36.7 Å². The number of aromatic nitrogens is 2. The zero-order chi connectivity index (χ0) is 29.0. The number of benzene rings is 1. The highest BCUT2D eigenvalue weighted by Gasteiger charge is 2.28. The van der Waals surface area contributed by atoms with Crippen LogP contribution in [0.2, 0.25) is 0 Å². The highest BCUT2D eigenvalue weighted by atomic mass is 32.2. The van der Waals surface area contributed by atoms with E-state index in [0.29, 0.717) is 41.8 Å². The smallest absolute Gasteiger partial charge is 0.281 e. The number of fused-ring (bicyclic) bond motifs is 1. The van der Waals surface area contributed by atoms with E-state index in [4.69, 9.17) is 13.9 Å². The van der Waals surface area contributed by atoms with Crippen molar-refractivity contribution in [2.45, 2.75) is 16.7 Å². The molecule has 2 unspecified atom stereocenters. The van der Waals surface area contributed by atoms with Crippen LogP contribution in [0.25, 0.3) is 10.9 Å². The van der Waals surface area contributed by atoms with Gasteiger partial charge in [-0.1, -0.05) is 17.8 Å². The van der Waals surface area contributed by atoms with Crippen molar-refractivity contribution in [2.75, 3.05) is 68.5 Å². The van der Waals surface area contributed by atoms with Gasteiger partial charge in [0.2, 0.25) is 0 Å². The molecule has 0 radical (unpaired) electrons. The van der Waals surface area contributed by atoms with Crippen molar-refractivity contribution in [3.05, 3.63) is 48.3 Å². The summed E-state index contributed by atoms with van der Waals surface area (Å²) in [5.74, 6) is 1.95. The van der Waals surface area contributed by atoms with Crippen molar-refractivity contribution in [3.63, 3.8) is 0 Å². The number of aliphatic imine (C=N–C) groups is 1. The summed E-state index contributed by atoms with van der Waals surface area (Å²) in [5, 5.41) is 1.90. The molecule has 41 heavy (non-hydrogen) atoms. The molecule has 1 saturated heterocycles. The molecule has 0 amide bonds. The van der Waals surface area contributed by atoms with Crippen LogP contribution in [0.15, 0.2) is 52.6 Å². The number of sulfonamides is 1. The summed E-state index contributed by atoms with van der Waals surface area (Å²) in [7, 11) is -3.15. The molecule has 2 aliphatic rings. The molecule has 0 saturated carbocycles. The highest BCUT2D eigenvalue weighted by Crippen LogP contribution is 2.36. The molecule has 2 atom stereocenters. The number of H-pyrrole nitrogens is 1. The summed E-state index contributed by atoms with van der Waals surface area (Å²) in [6, 6.07) is 10.3. The van der Waals surface area contributed by atoms with Gasteiger partial charge in [0.25, 0.3) is 10.0 Å². The molecule has 222 valence electrons. The average molecular weight is 640 g/mol. The molecule has 1 aromatic carbocycles. The standard InChI is InChI=1S/C26H33N5O6S4/c1-30(41(34,35)24-6-3-4-7-27-24)23-16-20(36-10-5-11-37-39(2)32)14-19-15-22(29-25(19)23)26-28-17-21(38-26)18-31-8-12-40(33)13-9-31/h3-4,6-7,14-16,21,29H,5,8-13,17-18H2,1-2H3. The molecule has 2 aliphatic heterocycles. The number of ether oxygens (including phenoxy) is 1. The number of thioether (sulfide) groups is 1. The monoisotopic (exact) mass is 639 g/mol. The molecule has 0 spiro atoms. The third-order valence-electron chi connectivity index (χ3n) is 6.77. The maximum Gasteiger partial charge on any atom is 0.281 e. The van der Waals surface area contributed by atoms with Gasteiger partial charge in [-0.25, -0.2) is 9.19 Å². The number of rotatable bonds is 12. The number of hydrogen-bond acceptors (Lipinski definition) is 10. The van der Waals surface area contributed by atoms with E-state index in [1.165, 1.54) is 29.9 Å². The van der Waals surface area contributed by atoms with E-state index >= 15 is 0 Å². The first kappa shape index (κ1) is 30.2. The number of aromatic amines is 1. The predicted octanol–water partition coefficient (Wildman–Crippen LogP) is 2.39. The van der Waals surface area contributed by atoms with E-state index < -0.39 is 31.9 Å². The van der Waals surface area contributed by atoms with Crippen LogP contribution in [0.5, 0.6) is 5.75 Å². The number of anilines is 1. The van der Waals surface area contributed by atoms with Gasteiger partial charge < -0.3 is 14.6 Å². The van der Waals surface area contributed by atoms with Gasteiger partial charge in [0.15, 0.2) is 16.1 Å². The van der Waals surface area contributed by atoms with E-state index in [9.17, 15) is 16.8 Å². The highest BCUT2D eigenvalue weighted by molar-refractivity contribution is 8.15. The summed E-state index contributed by atoms with van der Waals surface area (Å²) in [4.78, 5) is 14.6. The Labute approximate surface area is 249 Å². The van der Waals surface area contributed by atoms with E-state index in [0.717, 1.165) is 47.3 Å². The molecule has 1 N–H and O–H groups in total. The first-order valence-corrected chi connectivity index (χ1v) is 18.4. The normalized spacial score (nSPS) is 19.4. The SMILES string of the molecule is CN(c1cc(OCCCOS(C)=O)cc2cc(C3=NCC(CN4CCS(=O)CC4)S3)[nH]c12)S(=O)(=O)c1ccccn1. The largest absolute Gasteiger partial charge is 0.493 e. The average Bonchev–Trinajstić information content (AvgIpc) is 3.61. The van der Waals surface area contributed by atoms with Gasteiger partial charge in [-0.15, -0.1) is 0 Å². The van der Waals surface area contributed by atoms with Gasteiger partial charge in [0, 0.05) is 84.6 Å². The van der Waals surface area contributed by atoms with Crippen molar-refractivity contribution in [2.24, 2.45) is 4.99 Å². The Morgan fingerprint density at radius 2 is 2.02 bits per heavy atom. The van der Waals surface area contributed by atoms with Gasteiger partial charge in [0.1, 0.15) is 10.8 Å². The maximum absolute atomic E-state index is 13.5. The van der Waals surface area contributed by atoms with E-state index in [-0.39, 0.29) is 11.6 Å². The quantitative estimate of drug-likeness (QED) is 0.297. The van der Waals surface area contributed by atoms with Crippen LogP contribution >= 0.6 is 11.8 Å². The zero-order valence-corrected chi connectivity index (χ0v) is 26.1. The van der Waals surface area contributed by atoms with E-state index in [2.05, 4.69) is 14.9 Å². The molecule has 3 aromatic rings. The minimum Gasteiger partial charge on any atom is -0.493 e. The summed E-state index contributed by atoms with van der Waals surface area (Å²) >= 11 is 0.363. The fourth-order valence-corrected chi connectivity index (χ4v) is 8.39. The Bertz CT molecular complexity index is 1550. The van der Waals surface area contributed by atoms with Crippen molar-refractivity contribution in [3.8, 4) is 5.75 Å². The molecular weight excluding hydrogens is 607 g/mol. The fraction of sp³-hybridized carbons (Fsp3) is 0.462. The van der Waals surface area contributed by atoms with Gasteiger partial charge >= 0.3 is 0 Å². The maximum atomic E-state index is 13.5. The number of hydrogen-bond donors (Lipinski definition) is 1. The third kappa shape index (κ3) is 7.38. The van der Waals surface area contributed by atoms with Crippen LogP contribution in [-0.2, 0) is 36.1 Å². The van der Waals surface area contributed by atoms with Crippen LogP contribution in [0.3, 0.4) is 0 Å². The van der Waals surface area contributed by atoms with Crippen LogP contribution in [0.4, 0.5) is 5.69 Å². The summed E-state index contributed by atoms with van der Waals surface area (Å²) in [6.45, 7) is 3.86.